The molecule has 0 amide bonds. The second-order valence-electron chi connectivity index (χ2n) is 10.4. The van der Waals surface area contributed by atoms with Crippen molar-refractivity contribution in [3.05, 3.63) is 140 Å². The topological polar surface area (TPSA) is 60.4 Å². The van der Waals surface area contributed by atoms with Gasteiger partial charge in [-0.3, -0.25) is 0 Å². The number of hydrogen-bond donors (Lipinski definition) is 0. The Labute approximate surface area is 270 Å². The molecule has 4 nitrogen and oxygen atoms in total. The molecular weight excluding hydrogens is 700 g/mol. The highest BCUT2D eigenvalue weighted by Crippen LogP contribution is 2.42. The van der Waals surface area contributed by atoms with Crippen LogP contribution in [0.5, 0.6) is 0 Å². The molecule has 0 saturated carbocycles. The van der Waals surface area contributed by atoms with Crippen molar-refractivity contribution in [3.63, 3.8) is 0 Å². The number of hydrogen-bond acceptors (Lipinski definition) is 4. The molecule has 0 aliphatic rings. The van der Waals surface area contributed by atoms with Gasteiger partial charge in [-0.05, 0) is 47.5 Å². The molecule has 2 heterocycles. The second kappa shape index (κ2) is 12.7. The Morgan fingerprint density at radius 2 is 0.720 bits per heavy atom. The molecule has 0 fully saturated rings. The van der Waals surface area contributed by atoms with Crippen LogP contribution >= 0.6 is 0 Å². The smallest absolute Gasteiger partial charge is 0.422 e. The molecule has 0 unspecified atom stereocenters. The lowest BCUT2D eigenvalue weighted by molar-refractivity contribution is -0.140. The van der Waals surface area contributed by atoms with Crippen molar-refractivity contribution in [2.45, 2.75) is 24.7 Å². The third-order valence-corrected chi connectivity index (χ3v) is 7.16. The monoisotopic (exact) mass is 716 g/mol. The number of fused-ring (bicyclic) bond motifs is 2. The number of benzene rings is 4. The summed E-state index contributed by atoms with van der Waals surface area (Å²) < 4.78 is 167. The van der Waals surface area contributed by atoms with Gasteiger partial charge in [0.1, 0.15) is 22.3 Å². The van der Waals surface area contributed by atoms with E-state index in [1.807, 2.05) is 0 Å². The Kier molecular flexibility index (Phi) is 9.10. The molecule has 50 heavy (non-hydrogen) atoms. The van der Waals surface area contributed by atoms with Crippen molar-refractivity contribution in [1.82, 2.24) is 0 Å². The van der Waals surface area contributed by atoms with Crippen LogP contribution in [0.3, 0.4) is 0 Å². The molecule has 2 aromatic heterocycles. The molecule has 0 spiro atoms. The van der Waals surface area contributed by atoms with E-state index in [0.717, 1.165) is 12.1 Å². The number of alkyl halides is 12. The zero-order valence-electron chi connectivity index (χ0n) is 24.4. The molecule has 0 bridgehead atoms. The van der Waals surface area contributed by atoms with Gasteiger partial charge in [0.15, 0.2) is 0 Å². The van der Waals surface area contributed by atoms with Crippen LogP contribution in [0, 0.1) is 0 Å². The van der Waals surface area contributed by atoms with E-state index >= 15 is 0 Å². The first-order chi connectivity index (χ1) is 23.2. The molecule has 260 valence electrons. The van der Waals surface area contributed by atoms with Crippen molar-refractivity contribution >= 4 is 21.9 Å². The summed E-state index contributed by atoms with van der Waals surface area (Å²) in [5, 5.41) is -0.874. The average molecular weight is 716 g/mol. The Balaban J connectivity index is 0.000000194. The molecule has 0 saturated heterocycles. The number of halogens is 12. The standard InChI is InChI=1S/2C17H8F6O2/c2*18-16(19,20)10-6-7-12-11(8-10)13(9-4-2-1-3-5-9)14(15(24)25-12)17(21,22)23/h2*1-8H. The zero-order chi connectivity index (χ0) is 36.8. The second-order valence-corrected chi connectivity index (χ2v) is 10.4. The Morgan fingerprint density at radius 3 is 1.00 bits per heavy atom. The maximum absolute atomic E-state index is 13.4. The van der Waals surface area contributed by atoms with Gasteiger partial charge < -0.3 is 8.83 Å². The minimum Gasteiger partial charge on any atom is -0.422 e. The van der Waals surface area contributed by atoms with Crippen molar-refractivity contribution in [2.24, 2.45) is 0 Å². The van der Waals surface area contributed by atoms with Crippen LogP contribution in [-0.2, 0) is 24.7 Å². The predicted molar refractivity (Wildman–Crippen MR) is 156 cm³/mol. The quantitative estimate of drug-likeness (QED) is 0.132. The molecule has 16 heteroatoms. The Hall–Kier alpha value is -5.54. The summed E-state index contributed by atoms with van der Waals surface area (Å²) in [6.45, 7) is 0. The summed E-state index contributed by atoms with van der Waals surface area (Å²) in [6.07, 6.45) is -19.7. The van der Waals surface area contributed by atoms with Crippen molar-refractivity contribution in [2.75, 3.05) is 0 Å². The zero-order valence-corrected chi connectivity index (χ0v) is 24.4. The lowest BCUT2D eigenvalue weighted by atomic mass is 9.95. The van der Waals surface area contributed by atoms with Crippen LogP contribution in [0.4, 0.5) is 52.7 Å². The van der Waals surface area contributed by atoms with Gasteiger partial charge in [0.05, 0.1) is 11.1 Å². The largest absolute Gasteiger partial charge is 0.424 e. The van der Waals surface area contributed by atoms with Crippen molar-refractivity contribution in [3.8, 4) is 22.3 Å². The highest BCUT2D eigenvalue weighted by atomic mass is 19.4. The normalized spacial score (nSPS) is 12.6. The Morgan fingerprint density at radius 1 is 0.400 bits per heavy atom. The van der Waals surface area contributed by atoms with Crippen molar-refractivity contribution in [1.29, 1.82) is 0 Å². The molecule has 0 aliphatic carbocycles. The minimum atomic E-state index is -5.09. The molecule has 6 rings (SSSR count). The fraction of sp³-hybridized carbons (Fsp3) is 0.118. The van der Waals surface area contributed by atoms with Crippen LogP contribution < -0.4 is 11.3 Å². The molecule has 0 radical (unpaired) electrons. The van der Waals surface area contributed by atoms with Gasteiger partial charge in [0.2, 0.25) is 0 Å². The third-order valence-electron chi connectivity index (χ3n) is 7.16. The van der Waals surface area contributed by atoms with E-state index < -0.39 is 80.1 Å². The van der Waals surface area contributed by atoms with Gasteiger partial charge in [-0.25, -0.2) is 9.59 Å². The van der Waals surface area contributed by atoms with Gasteiger partial charge in [-0.1, -0.05) is 60.7 Å². The van der Waals surface area contributed by atoms with Crippen LogP contribution in [0.2, 0.25) is 0 Å². The Bertz CT molecular complexity index is 2130. The fourth-order valence-electron chi connectivity index (χ4n) is 5.08. The van der Waals surface area contributed by atoms with Crippen LogP contribution in [0.1, 0.15) is 22.3 Å². The maximum Gasteiger partial charge on any atom is 0.424 e. The molecule has 0 atom stereocenters. The van der Waals surface area contributed by atoms with Crippen molar-refractivity contribution < 1.29 is 61.5 Å². The lowest BCUT2D eigenvalue weighted by Crippen LogP contribution is -2.20. The molecule has 0 N–H and O–H groups in total. The summed E-state index contributed by atoms with van der Waals surface area (Å²) in [6, 6.07) is 17.9. The van der Waals surface area contributed by atoms with Gasteiger partial charge in [-0.2, -0.15) is 52.7 Å². The van der Waals surface area contributed by atoms with E-state index in [0.29, 0.717) is 24.3 Å². The maximum atomic E-state index is 13.4. The summed E-state index contributed by atoms with van der Waals surface area (Å²) in [7, 11) is 0. The minimum absolute atomic E-state index is 0.0351. The lowest BCUT2D eigenvalue weighted by Gasteiger charge is -2.15. The first kappa shape index (κ1) is 35.8. The van der Waals surface area contributed by atoms with Crippen LogP contribution in [0.15, 0.2) is 115 Å². The number of rotatable bonds is 2. The highest BCUT2D eigenvalue weighted by molar-refractivity contribution is 5.96. The summed E-state index contributed by atoms with van der Waals surface area (Å²) >= 11 is 0. The van der Waals surface area contributed by atoms with Gasteiger partial charge in [0, 0.05) is 21.9 Å². The van der Waals surface area contributed by atoms with E-state index in [-0.39, 0.29) is 22.3 Å². The van der Waals surface area contributed by atoms with Gasteiger partial charge >= 0.3 is 36.0 Å². The average Bonchev–Trinajstić information content (AvgIpc) is 3.02. The van der Waals surface area contributed by atoms with E-state index in [9.17, 15) is 62.3 Å². The first-order valence-electron chi connectivity index (χ1n) is 13.8. The van der Waals surface area contributed by atoms with Crippen LogP contribution in [-0.4, -0.2) is 0 Å². The highest BCUT2D eigenvalue weighted by Gasteiger charge is 2.41. The third kappa shape index (κ3) is 7.23. The summed E-state index contributed by atoms with van der Waals surface area (Å²) in [5.74, 6) is 0. The van der Waals surface area contributed by atoms with E-state index in [2.05, 4.69) is 8.83 Å². The molecule has 0 aliphatic heterocycles. The summed E-state index contributed by atoms with van der Waals surface area (Å²) in [4.78, 5) is 23.7. The van der Waals surface area contributed by atoms with Crippen LogP contribution in [0.25, 0.3) is 44.2 Å². The predicted octanol–water partition coefficient (Wildman–Crippen LogP) is 11.0. The molecule has 4 aromatic carbocycles. The molecular formula is C34H16F12O4. The fourth-order valence-corrected chi connectivity index (χ4v) is 5.08. The first-order valence-corrected chi connectivity index (χ1v) is 13.8. The van der Waals surface area contributed by atoms with E-state index in [4.69, 9.17) is 0 Å². The van der Waals surface area contributed by atoms with E-state index in [1.54, 1.807) is 0 Å². The molecule has 6 aromatic rings. The summed E-state index contributed by atoms with van der Waals surface area (Å²) in [5.41, 5.74) is -10.9. The van der Waals surface area contributed by atoms with Gasteiger partial charge in [-0.15, -0.1) is 0 Å². The van der Waals surface area contributed by atoms with Gasteiger partial charge in [0.25, 0.3) is 0 Å². The SMILES string of the molecule is O=c1oc2ccc(C(F)(F)F)cc2c(-c2ccccc2)c1C(F)(F)F.O=c1oc2ccc(C(F)(F)F)cc2c(-c2ccccc2)c1C(F)(F)F. The van der Waals surface area contributed by atoms with E-state index in [1.165, 1.54) is 60.7 Å².